The number of hydrogen-bond donors (Lipinski definition) is 1. The van der Waals surface area contributed by atoms with Crippen molar-refractivity contribution >= 4 is 17.7 Å². The van der Waals surface area contributed by atoms with E-state index in [1.165, 1.54) is 11.8 Å². The largest absolute Gasteiger partial charge is 0.465 e. The molecule has 0 saturated heterocycles. The molecular weight excluding hydrogens is 198 g/mol. The van der Waals surface area contributed by atoms with Crippen molar-refractivity contribution in [2.75, 3.05) is 6.61 Å². The Labute approximate surface area is 88.2 Å². The second-order valence-electron chi connectivity index (χ2n) is 3.38. The predicted molar refractivity (Wildman–Crippen MR) is 57.4 cm³/mol. The smallest absolute Gasteiger partial charge is 0.321 e. The lowest BCUT2D eigenvalue weighted by molar-refractivity contribution is -0.145. The Kier molecular flexibility index (Phi) is 3.63. The number of hydrogen-bond acceptors (Lipinski definition) is 3. The van der Waals surface area contributed by atoms with Crippen LogP contribution in [-0.4, -0.2) is 22.3 Å². The van der Waals surface area contributed by atoms with Crippen LogP contribution in [0.1, 0.15) is 20.8 Å². The van der Waals surface area contributed by atoms with Gasteiger partial charge in [-0.1, -0.05) is 0 Å². The molecule has 0 amide bonds. The minimum absolute atomic E-state index is 0.175. The summed E-state index contributed by atoms with van der Waals surface area (Å²) in [5, 5.41) is 0. The Hall–Kier alpha value is -0.900. The Morgan fingerprint density at radius 2 is 2.36 bits per heavy atom. The average Bonchev–Trinajstić information content (AvgIpc) is 2.56. The van der Waals surface area contributed by atoms with E-state index in [1.54, 1.807) is 0 Å². The lowest BCUT2D eigenvalue weighted by Crippen LogP contribution is -2.29. The van der Waals surface area contributed by atoms with Crippen LogP contribution in [0.15, 0.2) is 23.4 Å². The summed E-state index contributed by atoms with van der Waals surface area (Å²) in [5.41, 5.74) is 0. The maximum absolute atomic E-state index is 11.5. The molecule has 3 nitrogen and oxygen atoms in total. The van der Waals surface area contributed by atoms with Gasteiger partial charge in [-0.15, -0.1) is 11.8 Å². The Morgan fingerprint density at radius 3 is 2.86 bits per heavy atom. The van der Waals surface area contributed by atoms with Gasteiger partial charge in [0.1, 0.15) is 4.75 Å². The summed E-state index contributed by atoms with van der Waals surface area (Å²) in [6.07, 6.45) is 3.70. The molecule has 0 aromatic carbocycles. The minimum Gasteiger partial charge on any atom is -0.465 e. The summed E-state index contributed by atoms with van der Waals surface area (Å²) in [5.74, 6) is -0.175. The van der Waals surface area contributed by atoms with Crippen molar-refractivity contribution in [3.63, 3.8) is 0 Å². The molecule has 0 atom stereocenters. The van der Waals surface area contributed by atoms with Crippen LogP contribution in [-0.2, 0) is 9.53 Å². The first-order valence-corrected chi connectivity index (χ1v) is 5.37. The van der Waals surface area contributed by atoms with Gasteiger partial charge in [0.05, 0.1) is 6.61 Å². The van der Waals surface area contributed by atoms with Gasteiger partial charge in [-0.05, 0) is 26.8 Å². The van der Waals surface area contributed by atoms with Crippen LogP contribution < -0.4 is 0 Å². The van der Waals surface area contributed by atoms with E-state index in [2.05, 4.69) is 4.98 Å². The molecule has 0 aliphatic rings. The lowest BCUT2D eigenvalue weighted by Gasteiger charge is -2.20. The molecule has 0 radical (unpaired) electrons. The molecule has 1 N–H and O–H groups in total. The molecule has 0 bridgehead atoms. The van der Waals surface area contributed by atoms with Crippen molar-refractivity contribution in [1.82, 2.24) is 4.98 Å². The molecule has 1 aromatic rings. The molecular formula is C10H15NO2S. The monoisotopic (exact) mass is 213 g/mol. The number of aromatic nitrogens is 1. The first kappa shape index (κ1) is 11.2. The molecule has 0 saturated carbocycles. The van der Waals surface area contributed by atoms with Crippen LogP contribution in [0.2, 0.25) is 0 Å². The summed E-state index contributed by atoms with van der Waals surface area (Å²) in [7, 11) is 0. The van der Waals surface area contributed by atoms with Gasteiger partial charge < -0.3 is 9.72 Å². The van der Waals surface area contributed by atoms with E-state index < -0.39 is 4.75 Å². The van der Waals surface area contributed by atoms with Gasteiger partial charge in [-0.25, -0.2) is 0 Å². The van der Waals surface area contributed by atoms with Gasteiger partial charge in [0, 0.05) is 17.3 Å². The molecule has 0 aliphatic carbocycles. The molecule has 0 spiro atoms. The van der Waals surface area contributed by atoms with Crippen LogP contribution in [0.4, 0.5) is 0 Å². The summed E-state index contributed by atoms with van der Waals surface area (Å²) in [4.78, 5) is 15.5. The number of rotatable bonds is 4. The molecule has 0 unspecified atom stereocenters. The quantitative estimate of drug-likeness (QED) is 0.617. The van der Waals surface area contributed by atoms with Crippen LogP contribution >= 0.6 is 11.8 Å². The highest BCUT2D eigenvalue weighted by molar-refractivity contribution is 8.01. The Balaban J connectivity index is 2.61. The number of ether oxygens (including phenoxy) is 1. The summed E-state index contributed by atoms with van der Waals surface area (Å²) in [6, 6.07) is 1.94. The zero-order valence-corrected chi connectivity index (χ0v) is 9.48. The van der Waals surface area contributed by atoms with Crippen LogP contribution in [0.3, 0.4) is 0 Å². The number of H-pyrrole nitrogens is 1. The maximum Gasteiger partial charge on any atom is 0.321 e. The third-order valence-corrected chi connectivity index (χ3v) is 2.88. The molecule has 1 aromatic heterocycles. The SMILES string of the molecule is CCOC(=O)C(C)(C)Sc1cc[nH]c1. The fraction of sp³-hybridized carbons (Fsp3) is 0.500. The van der Waals surface area contributed by atoms with E-state index in [0.29, 0.717) is 6.61 Å². The van der Waals surface area contributed by atoms with Crippen molar-refractivity contribution in [2.45, 2.75) is 30.4 Å². The van der Waals surface area contributed by atoms with E-state index in [0.717, 1.165) is 4.90 Å². The summed E-state index contributed by atoms with van der Waals surface area (Å²) >= 11 is 1.49. The second kappa shape index (κ2) is 4.55. The number of nitrogens with one attached hydrogen (secondary N) is 1. The zero-order chi connectivity index (χ0) is 10.6. The molecule has 0 fully saturated rings. The van der Waals surface area contributed by atoms with Gasteiger partial charge in [-0.2, -0.15) is 0 Å². The number of carbonyl (C=O) groups excluding carboxylic acids is 1. The molecule has 0 aliphatic heterocycles. The van der Waals surface area contributed by atoms with Gasteiger partial charge in [0.2, 0.25) is 0 Å². The van der Waals surface area contributed by atoms with Crippen LogP contribution in [0.25, 0.3) is 0 Å². The number of esters is 1. The van der Waals surface area contributed by atoms with E-state index in [1.807, 2.05) is 39.2 Å². The van der Waals surface area contributed by atoms with Crippen molar-refractivity contribution < 1.29 is 9.53 Å². The average molecular weight is 213 g/mol. The van der Waals surface area contributed by atoms with Crippen molar-refractivity contribution in [3.8, 4) is 0 Å². The zero-order valence-electron chi connectivity index (χ0n) is 8.66. The number of carbonyl (C=O) groups is 1. The summed E-state index contributed by atoms with van der Waals surface area (Å²) < 4.78 is 4.46. The first-order chi connectivity index (χ1) is 6.56. The van der Waals surface area contributed by atoms with Gasteiger partial charge >= 0.3 is 5.97 Å². The number of aromatic amines is 1. The van der Waals surface area contributed by atoms with Gasteiger partial charge in [0.25, 0.3) is 0 Å². The predicted octanol–water partition coefficient (Wildman–Crippen LogP) is 2.45. The normalized spacial score (nSPS) is 11.4. The van der Waals surface area contributed by atoms with Crippen molar-refractivity contribution in [2.24, 2.45) is 0 Å². The van der Waals surface area contributed by atoms with E-state index in [4.69, 9.17) is 4.74 Å². The minimum atomic E-state index is -0.530. The third-order valence-electron chi connectivity index (χ3n) is 1.71. The topological polar surface area (TPSA) is 42.1 Å². The summed E-state index contributed by atoms with van der Waals surface area (Å²) in [6.45, 7) is 5.97. The molecule has 4 heteroatoms. The highest BCUT2D eigenvalue weighted by Gasteiger charge is 2.30. The lowest BCUT2D eigenvalue weighted by atomic mass is 10.2. The third kappa shape index (κ3) is 2.80. The highest BCUT2D eigenvalue weighted by Crippen LogP contribution is 2.32. The highest BCUT2D eigenvalue weighted by atomic mass is 32.2. The Morgan fingerprint density at radius 1 is 1.64 bits per heavy atom. The molecule has 1 heterocycles. The van der Waals surface area contributed by atoms with Crippen LogP contribution in [0.5, 0.6) is 0 Å². The first-order valence-electron chi connectivity index (χ1n) is 4.55. The Bertz CT molecular complexity index is 293. The van der Waals surface area contributed by atoms with E-state index in [9.17, 15) is 4.79 Å². The fourth-order valence-corrected chi connectivity index (χ4v) is 2.01. The van der Waals surface area contributed by atoms with Gasteiger partial charge in [-0.3, -0.25) is 4.79 Å². The van der Waals surface area contributed by atoms with Crippen LogP contribution in [0, 0.1) is 0 Å². The van der Waals surface area contributed by atoms with E-state index in [-0.39, 0.29) is 5.97 Å². The second-order valence-corrected chi connectivity index (χ2v) is 5.08. The molecule has 14 heavy (non-hydrogen) atoms. The van der Waals surface area contributed by atoms with Gasteiger partial charge in [0.15, 0.2) is 0 Å². The molecule has 1 rings (SSSR count). The fourth-order valence-electron chi connectivity index (χ4n) is 1.01. The maximum atomic E-state index is 11.5. The van der Waals surface area contributed by atoms with Crippen molar-refractivity contribution in [1.29, 1.82) is 0 Å². The number of thioether (sulfide) groups is 1. The van der Waals surface area contributed by atoms with E-state index >= 15 is 0 Å². The standard InChI is InChI=1S/C10H15NO2S/c1-4-13-9(12)10(2,3)14-8-5-6-11-7-8/h5-7,11H,4H2,1-3H3. The van der Waals surface area contributed by atoms with Crippen molar-refractivity contribution in [3.05, 3.63) is 18.5 Å². The molecule has 78 valence electrons.